The molecule has 3 aromatic carbocycles. The van der Waals surface area contributed by atoms with E-state index in [0.29, 0.717) is 25.8 Å². The molecule has 0 heterocycles. The zero-order valence-corrected chi connectivity index (χ0v) is 19.6. The Morgan fingerprint density at radius 3 is 2.13 bits per heavy atom. The summed E-state index contributed by atoms with van der Waals surface area (Å²) < 4.78 is 0. The molecule has 0 bridgehead atoms. The van der Waals surface area contributed by atoms with E-state index < -0.39 is 5.97 Å². The molecule has 2 atom stereocenters. The number of hydrogen-bond donors (Lipinski definition) is 0. The Labute approximate surface area is 204 Å². The highest BCUT2D eigenvalue weighted by molar-refractivity contribution is 6.42. The molecular weight excluding hydrogens is 500 g/mol. The summed E-state index contributed by atoms with van der Waals surface area (Å²) in [7, 11) is 0. The van der Waals surface area contributed by atoms with Crippen LogP contribution in [0.5, 0.6) is 0 Å². The molecule has 0 aliphatic heterocycles. The molecule has 0 amide bonds. The van der Waals surface area contributed by atoms with Crippen LogP contribution in [0, 0.1) is 5.92 Å². The number of hydrogen-bond acceptors (Lipinski definition) is 3. The van der Waals surface area contributed by atoms with E-state index >= 15 is 0 Å². The van der Waals surface area contributed by atoms with Crippen molar-refractivity contribution in [2.24, 2.45) is 11.1 Å². The van der Waals surface area contributed by atoms with E-state index in [0.717, 1.165) is 17.5 Å². The van der Waals surface area contributed by atoms with Crippen LogP contribution in [0.1, 0.15) is 33.8 Å². The number of carbonyl (C=O) groups is 1. The van der Waals surface area contributed by atoms with Gasteiger partial charge in [-0.05, 0) is 65.9 Å². The predicted octanol–water partition coefficient (Wildman–Crippen LogP) is 8.32. The van der Waals surface area contributed by atoms with Crippen molar-refractivity contribution in [3.8, 4) is 0 Å². The minimum absolute atomic E-state index is 0.0291. The van der Waals surface area contributed by atoms with Gasteiger partial charge in [-0.15, -0.1) is 0 Å². The Kier molecular flexibility index (Phi) is 6.80. The lowest BCUT2D eigenvalue weighted by Gasteiger charge is -2.08. The SMILES string of the molecule is O=C(O/N=C(\c1ccc(Cl)cc1)C1CC1c1ccc(Cl)cc1Cl)c1ccc(Cl)c(Cl)c1. The molecule has 1 aliphatic carbocycles. The minimum Gasteiger partial charge on any atom is -0.313 e. The molecule has 2 unspecified atom stereocenters. The molecule has 1 saturated carbocycles. The van der Waals surface area contributed by atoms with Crippen molar-refractivity contribution in [2.45, 2.75) is 12.3 Å². The molecule has 3 aromatic rings. The third kappa shape index (κ3) is 5.19. The van der Waals surface area contributed by atoms with Gasteiger partial charge in [-0.2, -0.15) is 0 Å². The predicted molar refractivity (Wildman–Crippen MR) is 127 cm³/mol. The first-order valence-corrected chi connectivity index (χ1v) is 11.2. The molecule has 0 N–H and O–H groups in total. The van der Waals surface area contributed by atoms with Crippen molar-refractivity contribution in [3.05, 3.63) is 102 Å². The van der Waals surface area contributed by atoms with E-state index in [1.165, 1.54) is 18.2 Å². The second kappa shape index (κ2) is 9.40. The Hall–Kier alpha value is -1.75. The van der Waals surface area contributed by atoms with Crippen molar-refractivity contribution in [1.82, 2.24) is 0 Å². The first kappa shape index (κ1) is 22.4. The molecule has 0 spiro atoms. The first-order chi connectivity index (χ1) is 14.8. The second-order valence-electron chi connectivity index (χ2n) is 7.11. The fourth-order valence-corrected chi connectivity index (χ4v) is 4.34. The van der Waals surface area contributed by atoms with Crippen LogP contribution in [0.2, 0.25) is 25.1 Å². The van der Waals surface area contributed by atoms with Gasteiger partial charge in [0, 0.05) is 21.0 Å². The van der Waals surface area contributed by atoms with Crippen molar-refractivity contribution in [1.29, 1.82) is 0 Å². The topological polar surface area (TPSA) is 38.7 Å². The number of nitrogens with zero attached hydrogens (tertiary/aromatic N) is 1. The largest absolute Gasteiger partial charge is 0.365 e. The lowest BCUT2D eigenvalue weighted by molar-refractivity contribution is 0.0515. The van der Waals surface area contributed by atoms with Gasteiger partial charge in [0.1, 0.15) is 0 Å². The number of benzene rings is 3. The van der Waals surface area contributed by atoms with Gasteiger partial charge in [-0.25, -0.2) is 4.79 Å². The van der Waals surface area contributed by atoms with Crippen molar-refractivity contribution < 1.29 is 9.63 Å². The lowest BCUT2D eigenvalue weighted by Crippen LogP contribution is -2.09. The molecule has 0 radical (unpaired) electrons. The van der Waals surface area contributed by atoms with E-state index in [-0.39, 0.29) is 22.4 Å². The summed E-state index contributed by atoms with van der Waals surface area (Å²) >= 11 is 30.3. The summed E-state index contributed by atoms with van der Waals surface area (Å²) in [4.78, 5) is 17.8. The molecule has 0 aromatic heterocycles. The molecule has 1 fully saturated rings. The zero-order valence-electron chi connectivity index (χ0n) is 15.8. The van der Waals surface area contributed by atoms with Crippen LogP contribution >= 0.6 is 58.0 Å². The third-order valence-corrected chi connectivity index (χ3v) is 6.58. The van der Waals surface area contributed by atoms with Crippen molar-refractivity contribution in [2.75, 3.05) is 0 Å². The summed E-state index contributed by atoms with van der Waals surface area (Å²) in [6, 6.07) is 17.2. The van der Waals surface area contributed by atoms with E-state index in [9.17, 15) is 4.79 Å². The van der Waals surface area contributed by atoms with Crippen LogP contribution in [0.15, 0.2) is 65.8 Å². The Morgan fingerprint density at radius 2 is 1.45 bits per heavy atom. The molecule has 158 valence electrons. The quantitative estimate of drug-likeness (QED) is 0.195. The van der Waals surface area contributed by atoms with Gasteiger partial charge in [0.15, 0.2) is 0 Å². The normalized spacial score (nSPS) is 18.0. The maximum absolute atomic E-state index is 12.5. The number of halogens is 5. The van der Waals surface area contributed by atoms with Crippen LogP contribution in [-0.2, 0) is 4.84 Å². The molecule has 0 saturated heterocycles. The number of oxime groups is 1. The standard InChI is InChI=1S/C23H14Cl5NO2/c24-14-4-1-12(2-5-14)22(18-11-17(18)16-7-6-15(25)10-20(16)27)29-31-23(30)13-3-8-19(26)21(28)9-13/h1-10,17-18H,11H2/b29-22+. The Morgan fingerprint density at radius 1 is 0.774 bits per heavy atom. The van der Waals surface area contributed by atoms with Gasteiger partial charge in [0.05, 0.1) is 21.3 Å². The zero-order chi connectivity index (χ0) is 22.1. The summed E-state index contributed by atoms with van der Waals surface area (Å²) in [5.41, 5.74) is 2.68. The van der Waals surface area contributed by atoms with E-state index in [1.807, 2.05) is 24.3 Å². The number of rotatable bonds is 5. The molecule has 3 nitrogen and oxygen atoms in total. The molecular formula is C23H14Cl5NO2. The van der Waals surface area contributed by atoms with E-state index in [1.54, 1.807) is 18.2 Å². The van der Waals surface area contributed by atoms with Crippen LogP contribution in [-0.4, -0.2) is 11.7 Å². The highest BCUT2D eigenvalue weighted by Gasteiger charge is 2.44. The number of carbonyl (C=O) groups excluding carboxylic acids is 1. The van der Waals surface area contributed by atoms with Crippen molar-refractivity contribution >= 4 is 69.7 Å². The Balaban J connectivity index is 1.61. The van der Waals surface area contributed by atoms with Crippen LogP contribution in [0.3, 0.4) is 0 Å². The van der Waals surface area contributed by atoms with Gasteiger partial charge in [0.25, 0.3) is 0 Å². The highest BCUT2D eigenvalue weighted by atomic mass is 35.5. The van der Waals surface area contributed by atoms with Crippen LogP contribution < -0.4 is 0 Å². The van der Waals surface area contributed by atoms with Gasteiger partial charge in [-0.3, -0.25) is 0 Å². The summed E-state index contributed by atoms with van der Waals surface area (Å²) in [6.07, 6.45) is 0.813. The average Bonchev–Trinajstić information content (AvgIpc) is 3.51. The first-order valence-electron chi connectivity index (χ1n) is 9.28. The monoisotopic (exact) mass is 511 g/mol. The molecule has 31 heavy (non-hydrogen) atoms. The second-order valence-corrected chi connectivity index (χ2v) is 9.20. The minimum atomic E-state index is -0.633. The van der Waals surface area contributed by atoms with Gasteiger partial charge < -0.3 is 4.84 Å². The summed E-state index contributed by atoms with van der Waals surface area (Å²) in [5, 5.41) is 6.61. The smallest absolute Gasteiger partial charge is 0.313 e. The van der Waals surface area contributed by atoms with E-state index in [2.05, 4.69) is 5.16 Å². The van der Waals surface area contributed by atoms with Crippen molar-refractivity contribution in [3.63, 3.8) is 0 Å². The van der Waals surface area contributed by atoms with E-state index in [4.69, 9.17) is 62.8 Å². The van der Waals surface area contributed by atoms with Gasteiger partial charge >= 0.3 is 5.97 Å². The lowest BCUT2D eigenvalue weighted by atomic mass is 10.0. The summed E-state index contributed by atoms with van der Waals surface area (Å²) in [6.45, 7) is 0. The molecule has 1 aliphatic rings. The summed E-state index contributed by atoms with van der Waals surface area (Å²) in [5.74, 6) is -0.462. The fourth-order valence-electron chi connectivity index (χ4n) is 3.36. The van der Waals surface area contributed by atoms with Crippen LogP contribution in [0.25, 0.3) is 0 Å². The van der Waals surface area contributed by atoms with Crippen LogP contribution in [0.4, 0.5) is 0 Å². The van der Waals surface area contributed by atoms with Gasteiger partial charge in [-0.1, -0.05) is 81.4 Å². The fraction of sp³-hybridized carbons (Fsp3) is 0.130. The third-order valence-electron chi connectivity index (χ3n) is 5.03. The van der Waals surface area contributed by atoms with Gasteiger partial charge in [0.2, 0.25) is 0 Å². The Bertz CT molecular complexity index is 1180. The maximum Gasteiger partial charge on any atom is 0.365 e. The molecule has 4 rings (SSSR count). The maximum atomic E-state index is 12.5. The molecule has 8 heteroatoms. The average molecular weight is 514 g/mol. The highest BCUT2D eigenvalue weighted by Crippen LogP contribution is 2.51.